The maximum atomic E-state index is 5.98. The van der Waals surface area contributed by atoms with Crippen molar-refractivity contribution in [2.45, 2.75) is 26.3 Å². The second-order valence-corrected chi connectivity index (χ2v) is 7.76. The van der Waals surface area contributed by atoms with E-state index in [1.165, 1.54) is 18.5 Å². The molecule has 1 aromatic carbocycles. The molecule has 1 saturated heterocycles. The van der Waals surface area contributed by atoms with Crippen molar-refractivity contribution in [3.63, 3.8) is 0 Å². The fourth-order valence-corrected chi connectivity index (χ4v) is 3.64. The minimum atomic E-state index is 0.703. The third kappa shape index (κ3) is 3.80. The van der Waals surface area contributed by atoms with Crippen LogP contribution in [0.1, 0.15) is 24.5 Å². The van der Waals surface area contributed by atoms with Gasteiger partial charge in [-0.2, -0.15) is 0 Å². The van der Waals surface area contributed by atoms with Crippen LogP contribution in [0.15, 0.2) is 35.1 Å². The Bertz CT molecular complexity index is 960. The summed E-state index contributed by atoms with van der Waals surface area (Å²) in [6.45, 7) is 7.36. The first-order valence-electron chi connectivity index (χ1n) is 10.0. The first kappa shape index (κ1) is 17.4. The summed E-state index contributed by atoms with van der Waals surface area (Å²) in [5.41, 5.74) is 2.13. The van der Waals surface area contributed by atoms with E-state index >= 15 is 0 Å². The van der Waals surface area contributed by atoms with Gasteiger partial charge in [-0.25, -0.2) is 15.0 Å². The number of fused-ring (bicyclic) bond motifs is 1. The van der Waals surface area contributed by atoms with Gasteiger partial charge >= 0.3 is 0 Å². The lowest BCUT2D eigenvalue weighted by molar-refractivity contribution is 0.225. The van der Waals surface area contributed by atoms with E-state index in [4.69, 9.17) is 9.15 Å². The number of benzene rings is 1. The summed E-state index contributed by atoms with van der Waals surface area (Å²) in [4.78, 5) is 17.9. The van der Waals surface area contributed by atoms with Crippen LogP contribution in [0, 0.1) is 12.8 Å². The molecule has 7 heteroatoms. The van der Waals surface area contributed by atoms with Crippen LogP contribution < -0.4 is 9.64 Å². The van der Waals surface area contributed by atoms with E-state index in [1.807, 2.05) is 6.92 Å². The Hall–Kier alpha value is -2.67. The van der Waals surface area contributed by atoms with Crippen LogP contribution in [0.4, 0.5) is 5.69 Å². The molecular formula is C21H25N5O2. The summed E-state index contributed by atoms with van der Waals surface area (Å²) in [6, 6.07) is 6.38. The summed E-state index contributed by atoms with van der Waals surface area (Å²) in [6.07, 6.45) is 5.91. The van der Waals surface area contributed by atoms with Crippen LogP contribution in [0.5, 0.6) is 5.88 Å². The largest absolute Gasteiger partial charge is 0.477 e. The van der Waals surface area contributed by atoms with E-state index in [9.17, 15) is 0 Å². The molecule has 1 saturated carbocycles. The molecule has 5 rings (SSSR count). The molecule has 0 radical (unpaired) electrons. The average molecular weight is 379 g/mol. The number of anilines is 1. The molecule has 1 aliphatic heterocycles. The highest BCUT2D eigenvalue weighted by Gasteiger charge is 2.23. The van der Waals surface area contributed by atoms with Gasteiger partial charge in [0.25, 0.3) is 0 Å². The highest BCUT2D eigenvalue weighted by molar-refractivity contribution is 5.86. The molecular weight excluding hydrogens is 354 g/mol. The van der Waals surface area contributed by atoms with Gasteiger partial charge in [-0.1, -0.05) is 0 Å². The normalized spacial score (nSPS) is 18.0. The molecule has 2 aliphatic rings. The lowest BCUT2D eigenvalue weighted by Crippen LogP contribution is -2.46. The van der Waals surface area contributed by atoms with Crippen molar-refractivity contribution in [1.82, 2.24) is 19.9 Å². The molecule has 0 amide bonds. The smallest absolute Gasteiger partial charge is 0.224 e. The third-order valence-electron chi connectivity index (χ3n) is 5.50. The third-order valence-corrected chi connectivity index (χ3v) is 5.50. The standard InChI is InChI=1S/C21H25N5O2/c1-15-11-22-20(28-15)12-25-6-8-26(9-7-25)17-4-5-19-18(10-17)21(24-14-23-19)27-13-16-2-3-16/h4-5,10-11,14,16H,2-3,6-9,12-13H2,1H3. The quantitative estimate of drug-likeness (QED) is 0.652. The van der Waals surface area contributed by atoms with Crippen LogP contribution in [0.25, 0.3) is 10.9 Å². The topological polar surface area (TPSA) is 67.5 Å². The number of aromatic nitrogens is 3. The molecule has 0 bridgehead atoms. The number of rotatable bonds is 6. The highest BCUT2D eigenvalue weighted by Crippen LogP contribution is 2.32. The zero-order valence-electron chi connectivity index (χ0n) is 16.2. The van der Waals surface area contributed by atoms with E-state index in [1.54, 1.807) is 12.5 Å². The molecule has 0 spiro atoms. The molecule has 28 heavy (non-hydrogen) atoms. The first-order chi connectivity index (χ1) is 13.7. The van der Waals surface area contributed by atoms with Gasteiger partial charge < -0.3 is 14.1 Å². The fourth-order valence-electron chi connectivity index (χ4n) is 3.64. The van der Waals surface area contributed by atoms with Crippen LogP contribution in [0.2, 0.25) is 0 Å². The van der Waals surface area contributed by atoms with Crippen molar-refractivity contribution in [2.24, 2.45) is 5.92 Å². The number of hydrogen-bond acceptors (Lipinski definition) is 7. The number of nitrogens with zero attached hydrogens (tertiary/aromatic N) is 5. The zero-order chi connectivity index (χ0) is 18.9. The maximum Gasteiger partial charge on any atom is 0.224 e. The summed E-state index contributed by atoms with van der Waals surface area (Å²) in [5.74, 6) is 3.07. The molecule has 146 valence electrons. The van der Waals surface area contributed by atoms with Crippen molar-refractivity contribution in [2.75, 3.05) is 37.7 Å². The van der Waals surface area contributed by atoms with Gasteiger partial charge in [-0.05, 0) is 43.9 Å². The Kier molecular flexibility index (Phi) is 4.60. The van der Waals surface area contributed by atoms with Gasteiger partial charge in [0, 0.05) is 31.9 Å². The van der Waals surface area contributed by atoms with Gasteiger partial charge in [-0.3, -0.25) is 4.90 Å². The Morgan fingerprint density at radius 1 is 1.11 bits per heavy atom. The number of oxazole rings is 1. The van der Waals surface area contributed by atoms with Crippen LogP contribution >= 0.6 is 0 Å². The summed E-state index contributed by atoms with van der Waals surface area (Å²) in [7, 11) is 0. The summed E-state index contributed by atoms with van der Waals surface area (Å²) in [5, 5.41) is 0.998. The van der Waals surface area contributed by atoms with Gasteiger partial charge in [0.2, 0.25) is 11.8 Å². The lowest BCUT2D eigenvalue weighted by atomic mass is 10.2. The van der Waals surface area contributed by atoms with Gasteiger partial charge in [-0.15, -0.1) is 0 Å². The second-order valence-electron chi connectivity index (χ2n) is 7.76. The lowest BCUT2D eigenvalue weighted by Gasteiger charge is -2.35. The second kappa shape index (κ2) is 7.39. The zero-order valence-corrected chi connectivity index (χ0v) is 16.2. The fraction of sp³-hybridized carbons (Fsp3) is 0.476. The summed E-state index contributed by atoms with van der Waals surface area (Å²) < 4.78 is 11.6. The van der Waals surface area contributed by atoms with Crippen LogP contribution in [-0.2, 0) is 6.54 Å². The van der Waals surface area contributed by atoms with E-state index in [-0.39, 0.29) is 0 Å². The molecule has 0 unspecified atom stereocenters. The Morgan fingerprint density at radius 3 is 2.71 bits per heavy atom. The van der Waals surface area contributed by atoms with E-state index in [0.717, 1.165) is 61.9 Å². The SMILES string of the molecule is Cc1cnc(CN2CCN(c3ccc4ncnc(OCC5CC5)c4c3)CC2)o1. The highest BCUT2D eigenvalue weighted by atomic mass is 16.5. The maximum absolute atomic E-state index is 5.98. The van der Waals surface area contributed by atoms with Crippen molar-refractivity contribution >= 4 is 16.6 Å². The van der Waals surface area contributed by atoms with Crippen molar-refractivity contribution in [1.29, 1.82) is 0 Å². The average Bonchev–Trinajstić information content (AvgIpc) is 3.47. The van der Waals surface area contributed by atoms with E-state index in [2.05, 4.69) is 43.0 Å². The summed E-state index contributed by atoms with van der Waals surface area (Å²) >= 11 is 0. The minimum Gasteiger partial charge on any atom is -0.477 e. The minimum absolute atomic E-state index is 0.703. The van der Waals surface area contributed by atoms with Crippen molar-refractivity contribution < 1.29 is 9.15 Å². The van der Waals surface area contributed by atoms with Gasteiger partial charge in [0.1, 0.15) is 12.1 Å². The Morgan fingerprint density at radius 2 is 1.96 bits per heavy atom. The molecule has 7 nitrogen and oxygen atoms in total. The Labute approximate surface area is 164 Å². The predicted molar refractivity (Wildman–Crippen MR) is 106 cm³/mol. The van der Waals surface area contributed by atoms with Crippen molar-refractivity contribution in [3.8, 4) is 5.88 Å². The van der Waals surface area contributed by atoms with E-state index in [0.29, 0.717) is 11.8 Å². The number of ether oxygens (including phenoxy) is 1. The van der Waals surface area contributed by atoms with Crippen molar-refractivity contribution in [3.05, 3.63) is 42.4 Å². The van der Waals surface area contributed by atoms with Crippen LogP contribution in [0.3, 0.4) is 0 Å². The monoisotopic (exact) mass is 379 g/mol. The van der Waals surface area contributed by atoms with Gasteiger partial charge in [0.15, 0.2) is 0 Å². The van der Waals surface area contributed by atoms with Gasteiger partial charge in [0.05, 0.1) is 30.3 Å². The predicted octanol–water partition coefficient (Wildman–Crippen LogP) is 3.04. The first-order valence-corrected chi connectivity index (χ1v) is 10.0. The molecule has 3 aromatic rings. The molecule has 0 N–H and O–H groups in total. The van der Waals surface area contributed by atoms with Crippen LogP contribution in [-0.4, -0.2) is 52.6 Å². The molecule has 0 atom stereocenters. The molecule has 3 heterocycles. The number of piperazine rings is 1. The number of hydrogen-bond donors (Lipinski definition) is 0. The molecule has 2 fully saturated rings. The molecule has 2 aromatic heterocycles. The Balaban J connectivity index is 1.27. The molecule has 1 aliphatic carbocycles. The number of aryl methyl sites for hydroxylation is 1. The van der Waals surface area contributed by atoms with E-state index < -0.39 is 0 Å².